The first-order chi connectivity index (χ1) is 9.95. The van der Waals surface area contributed by atoms with Gasteiger partial charge in [-0.3, -0.25) is 4.79 Å². The third-order valence-electron chi connectivity index (χ3n) is 7.08. The second kappa shape index (κ2) is 4.59. The zero-order valence-electron chi connectivity index (χ0n) is 12.9. The molecular weight excluding hydrogens is 373 g/mol. The van der Waals surface area contributed by atoms with Crippen molar-refractivity contribution < 1.29 is 4.79 Å². The van der Waals surface area contributed by atoms with Crippen LogP contribution < -0.4 is 5.32 Å². The average Bonchev–Trinajstić information content (AvgIpc) is 2.76. The zero-order valence-corrected chi connectivity index (χ0v) is 15.1. The number of piperidine rings is 1. The van der Waals surface area contributed by atoms with E-state index in [4.69, 9.17) is 0 Å². The van der Waals surface area contributed by atoms with Gasteiger partial charge in [-0.2, -0.15) is 0 Å². The molecule has 2 fully saturated rings. The minimum atomic E-state index is 0.214. The SMILES string of the molecule is C[C@]12CCC(=O)C=C1NC[C@H]1[C@@H]2CC[C@]2(C)C(I)=CC[C@@H]12. The number of ketones is 1. The first-order valence-corrected chi connectivity index (χ1v) is 9.38. The molecule has 0 aromatic carbocycles. The van der Waals surface area contributed by atoms with Crippen LogP contribution in [0, 0.1) is 28.6 Å². The summed E-state index contributed by atoms with van der Waals surface area (Å²) >= 11 is 2.57. The van der Waals surface area contributed by atoms with Gasteiger partial charge in [-0.05, 0) is 69.6 Å². The summed E-state index contributed by atoms with van der Waals surface area (Å²) in [5.74, 6) is 2.63. The topological polar surface area (TPSA) is 29.1 Å². The summed E-state index contributed by atoms with van der Waals surface area (Å²) in [5.41, 5.74) is 1.88. The maximum atomic E-state index is 11.8. The van der Waals surface area contributed by atoms with Crippen LogP contribution in [0.5, 0.6) is 0 Å². The van der Waals surface area contributed by atoms with Crippen LogP contribution in [0.3, 0.4) is 0 Å². The summed E-state index contributed by atoms with van der Waals surface area (Å²) in [6, 6.07) is 0. The van der Waals surface area contributed by atoms with Crippen molar-refractivity contribution in [2.24, 2.45) is 28.6 Å². The standard InChI is InChI=1S/C18H24INO/c1-17-8-6-14-12(13(17)3-4-15(17)19)10-20-16-9-11(21)5-7-18(14,16)2/h4,9,12-14,20H,3,5-8,10H2,1-2H3/t12-,13+,14+,17+,18-/m1/s1. The number of rotatable bonds is 0. The van der Waals surface area contributed by atoms with Gasteiger partial charge in [0, 0.05) is 35.6 Å². The molecule has 1 aliphatic heterocycles. The Kier molecular flexibility index (Phi) is 3.12. The number of hydrogen-bond donors (Lipinski definition) is 1. The molecule has 1 saturated heterocycles. The van der Waals surface area contributed by atoms with Crippen LogP contribution in [-0.4, -0.2) is 12.3 Å². The monoisotopic (exact) mass is 397 g/mol. The highest BCUT2D eigenvalue weighted by Gasteiger charge is 2.56. The summed E-state index contributed by atoms with van der Waals surface area (Å²) < 4.78 is 1.59. The Morgan fingerprint density at radius 1 is 1.24 bits per heavy atom. The normalized spacial score (nSPS) is 48.5. The lowest BCUT2D eigenvalue weighted by atomic mass is 9.51. The van der Waals surface area contributed by atoms with Crippen molar-refractivity contribution in [2.75, 3.05) is 6.54 Å². The van der Waals surface area contributed by atoms with Crippen LogP contribution in [0.1, 0.15) is 46.0 Å². The Morgan fingerprint density at radius 3 is 2.86 bits per heavy atom. The van der Waals surface area contributed by atoms with E-state index in [-0.39, 0.29) is 5.41 Å². The predicted octanol–water partition coefficient (Wildman–Crippen LogP) is 4.21. The van der Waals surface area contributed by atoms with Crippen molar-refractivity contribution in [3.8, 4) is 0 Å². The largest absolute Gasteiger partial charge is 0.387 e. The Hall–Kier alpha value is -0.320. The minimum absolute atomic E-state index is 0.214. The minimum Gasteiger partial charge on any atom is -0.387 e. The molecule has 21 heavy (non-hydrogen) atoms. The van der Waals surface area contributed by atoms with Gasteiger partial charge < -0.3 is 5.32 Å². The van der Waals surface area contributed by atoms with E-state index in [1.807, 2.05) is 6.08 Å². The molecule has 3 heteroatoms. The van der Waals surface area contributed by atoms with Crippen molar-refractivity contribution >= 4 is 28.4 Å². The van der Waals surface area contributed by atoms with Crippen molar-refractivity contribution in [1.82, 2.24) is 5.32 Å². The Morgan fingerprint density at radius 2 is 2.05 bits per heavy atom. The van der Waals surface area contributed by atoms with E-state index in [0.717, 1.165) is 37.1 Å². The smallest absolute Gasteiger partial charge is 0.157 e. The van der Waals surface area contributed by atoms with Gasteiger partial charge in [0.25, 0.3) is 0 Å². The first kappa shape index (κ1) is 14.3. The lowest BCUT2D eigenvalue weighted by Gasteiger charge is -2.57. The van der Waals surface area contributed by atoms with Gasteiger partial charge in [-0.15, -0.1) is 0 Å². The van der Waals surface area contributed by atoms with Crippen LogP contribution in [0.2, 0.25) is 0 Å². The Balaban J connectivity index is 1.70. The van der Waals surface area contributed by atoms with Crippen LogP contribution in [0.15, 0.2) is 21.4 Å². The van der Waals surface area contributed by atoms with Crippen molar-refractivity contribution in [3.63, 3.8) is 0 Å². The molecule has 0 amide bonds. The lowest BCUT2D eigenvalue weighted by molar-refractivity contribution is -0.117. The van der Waals surface area contributed by atoms with Gasteiger partial charge in [0.05, 0.1) is 0 Å². The fourth-order valence-electron chi connectivity index (χ4n) is 5.66. The highest BCUT2D eigenvalue weighted by atomic mass is 127. The van der Waals surface area contributed by atoms with E-state index < -0.39 is 0 Å². The zero-order chi connectivity index (χ0) is 14.8. The summed E-state index contributed by atoms with van der Waals surface area (Å²) in [6.45, 7) is 5.96. The van der Waals surface area contributed by atoms with Gasteiger partial charge >= 0.3 is 0 Å². The molecule has 1 saturated carbocycles. The highest BCUT2D eigenvalue weighted by Crippen LogP contribution is 2.63. The summed E-state index contributed by atoms with van der Waals surface area (Å²) in [5, 5.41) is 3.65. The third-order valence-corrected chi connectivity index (χ3v) is 8.75. The number of halogens is 1. The summed E-state index contributed by atoms with van der Waals surface area (Å²) in [7, 11) is 0. The van der Waals surface area contributed by atoms with E-state index in [9.17, 15) is 4.79 Å². The molecule has 1 N–H and O–H groups in total. The fraction of sp³-hybridized carbons (Fsp3) is 0.722. The van der Waals surface area contributed by atoms with Crippen molar-refractivity contribution in [1.29, 1.82) is 0 Å². The number of carbonyl (C=O) groups excluding carboxylic acids is 1. The Bertz CT molecular complexity index is 566. The van der Waals surface area contributed by atoms with E-state index in [1.165, 1.54) is 25.0 Å². The Labute approximate surface area is 141 Å². The number of allylic oxidation sites excluding steroid dienone is 4. The molecule has 4 rings (SSSR count). The van der Waals surface area contributed by atoms with E-state index in [1.54, 1.807) is 3.58 Å². The van der Waals surface area contributed by atoms with E-state index in [2.05, 4.69) is 47.8 Å². The molecule has 0 aromatic heterocycles. The third kappa shape index (κ3) is 1.85. The van der Waals surface area contributed by atoms with E-state index in [0.29, 0.717) is 11.2 Å². The molecule has 3 aliphatic carbocycles. The second-order valence-corrected chi connectivity index (χ2v) is 9.11. The molecule has 0 bridgehead atoms. The van der Waals surface area contributed by atoms with Gasteiger partial charge in [-0.1, -0.05) is 19.9 Å². The summed E-state index contributed by atoms with van der Waals surface area (Å²) in [6.07, 6.45) is 10.1. The molecule has 114 valence electrons. The van der Waals surface area contributed by atoms with Gasteiger partial charge in [0.1, 0.15) is 0 Å². The van der Waals surface area contributed by atoms with Crippen LogP contribution in [0.25, 0.3) is 0 Å². The van der Waals surface area contributed by atoms with E-state index >= 15 is 0 Å². The maximum absolute atomic E-state index is 11.8. The van der Waals surface area contributed by atoms with Gasteiger partial charge in [0.15, 0.2) is 5.78 Å². The van der Waals surface area contributed by atoms with Crippen molar-refractivity contribution in [2.45, 2.75) is 46.0 Å². The molecule has 2 nitrogen and oxygen atoms in total. The predicted molar refractivity (Wildman–Crippen MR) is 93.0 cm³/mol. The van der Waals surface area contributed by atoms with Gasteiger partial charge in [-0.25, -0.2) is 0 Å². The van der Waals surface area contributed by atoms with Crippen molar-refractivity contribution in [3.05, 3.63) is 21.4 Å². The molecule has 4 aliphatic rings. The maximum Gasteiger partial charge on any atom is 0.157 e. The summed E-state index contributed by atoms with van der Waals surface area (Å²) in [4.78, 5) is 11.8. The van der Waals surface area contributed by atoms with Crippen LogP contribution in [-0.2, 0) is 4.79 Å². The molecule has 0 aromatic rings. The number of fused-ring (bicyclic) bond motifs is 5. The number of nitrogens with one attached hydrogen (secondary N) is 1. The molecule has 1 heterocycles. The second-order valence-electron chi connectivity index (χ2n) is 7.94. The van der Waals surface area contributed by atoms with Crippen LogP contribution >= 0.6 is 22.6 Å². The number of carbonyl (C=O) groups is 1. The molecule has 0 unspecified atom stereocenters. The lowest BCUT2D eigenvalue weighted by Crippen LogP contribution is -2.56. The quantitative estimate of drug-likeness (QED) is 0.621. The molecule has 0 spiro atoms. The van der Waals surface area contributed by atoms with Gasteiger partial charge in [0.2, 0.25) is 0 Å². The molecule has 0 radical (unpaired) electrons. The number of hydrogen-bond acceptors (Lipinski definition) is 2. The highest BCUT2D eigenvalue weighted by molar-refractivity contribution is 14.1. The van der Waals surface area contributed by atoms with Crippen LogP contribution in [0.4, 0.5) is 0 Å². The fourth-order valence-corrected chi connectivity index (χ4v) is 6.58. The first-order valence-electron chi connectivity index (χ1n) is 8.30. The molecular formula is C18H24INO. The average molecular weight is 397 g/mol. The molecule has 5 atom stereocenters.